The first-order valence-electron chi connectivity index (χ1n) is 9.21. The van der Waals surface area contributed by atoms with Crippen LogP contribution in [0.25, 0.3) is 10.9 Å². The number of carbonyl (C=O) groups is 1. The number of benzene rings is 2. The fourth-order valence-electron chi connectivity index (χ4n) is 2.98. The van der Waals surface area contributed by atoms with Gasteiger partial charge in [-0.05, 0) is 47.3 Å². The summed E-state index contributed by atoms with van der Waals surface area (Å²) in [4.78, 5) is 31.7. The van der Waals surface area contributed by atoms with Crippen molar-refractivity contribution in [3.8, 4) is 5.75 Å². The maximum absolute atomic E-state index is 12.5. The molecule has 29 heavy (non-hydrogen) atoms. The zero-order valence-electron chi connectivity index (χ0n) is 15.6. The number of rotatable bonds is 6. The first-order valence-corrected chi connectivity index (χ1v) is 9.21. The van der Waals surface area contributed by atoms with E-state index in [1.807, 2.05) is 60.7 Å². The molecule has 0 fully saturated rings. The topological polar surface area (TPSA) is 84.1 Å². The second-order valence-electron chi connectivity index (χ2n) is 6.54. The summed E-state index contributed by atoms with van der Waals surface area (Å²) in [6.07, 6.45) is 1.72. The molecule has 0 atom stereocenters. The van der Waals surface area contributed by atoms with Crippen LogP contribution in [0.4, 0.5) is 0 Å². The lowest BCUT2D eigenvalue weighted by atomic mass is 10.1. The molecule has 0 saturated heterocycles. The van der Waals surface area contributed by atoms with E-state index in [-0.39, 0.29) is 12.1 Å². The molecule has 2 heterocycles. The second kappa shape index (κ2) is 8.39. The van der Waals surface area contributed by atoms with Gasteiger partial charge in [0.1, 0.15) is 17.9 Å². The quantitative estimate of drug-likeness (QED) is 0.533. The minimum atomic E-state index is -0.420. The number of aromatic amines is 1. The molecule has 2 aromatic carbocycles. The highest BCUT2D eigenvalue weighted by molar-refractivity contribution is 5.97. The number of nitrogens with one attached hydrogen (secondary N) is 2. The molecule has 0 aliphatic heterocycles. The molecule has 6 nitrogen and oxygen atoms in total. The van der Waals surface area contributed by atoms with Crippen LogP contribution in [0.15, 0.2) is 83.8 Å². The summed E-state index contributed by atoms with van der Waals surface area (Å²) in [6, 6.07) is 22.1. The number of para-hydroxylation sites is 1. The highest BCUT2D eigenvalue weighted by atomic mass is 16.5. The van der Waals surface area contributed by atoms with E-state index in [4.69, 9.17) is 4.74 Å². The number of nitrogens with zero attached hydrogens (tertiary/aromatic N) is 1. The van der Waals surface area contributed by atoms with Gasteiger partial charge in [-0.1, -0.05) is 36.4 Å². The Morgan fingerprint density at radius 3 is 2.72 bits per heavy atom. The molecule has 0 aliphatic rings. The summed E-state index contributed by atoms with van der Waals surface area (Å²) < 4.78 is 5.76. The molecule has 0 saturated carbocycles. The first-order chi connectivity index (χ1) is 14.2. The van der Waals surface area contributed by atoms with Crippen LogP contribution in [0.2, 0.25) is 0 Å². The van der Waals surface area contributed by atoms with Crippen LogP contribution >= 0.6 is 0 Å². The van der Waals surface area contributed by atoms with Gasteiger partial charge >= 0.3 is 0 Å². The zero-order valence-corrected chi connectivity index (χ0v) is 15.6. The minimum Gasteiger partial charge on any atom is -0.487 e. The zero-order chi connectivity index (χ0) is 20.1. The standard InChI is InChI=1S/C23H19N3O3/c27-22(20-13-17-7-1-2-10-21(17)26-23(20)28)25-14-16-6-5-9-19(12-16)29-15-18-8-3-4-11-24-18/h1-13H,14-15H2,(H,25,27)(H,26,28). The van der Waals surface area contributed by atoms with Crippen LogP contribution in [0.1, 0.15) is 21.6 Å². The van der Waals surface area contributed by atoms with E-state index < -0.39 is 11.5 Å². The van der Waals surface area contributed by atoms with E-state index in [9.17, 15) is 9.59 Å². The van der Waals surface area contributed by atoms with Gasteiger partial charge in [-0.2, -0.15) is 0 Å². The normalized spacial score (nSPS) is 10.6. The summed E-state index contributed by atoms with van der Waals surface area (Å²) >= 11 is 0. The van der Waals surface area contributed by atoms with Gasteiger partial charge in [-0.3, -0.25) is 14.6 Å². The monoisotopic (exact) mass is 385 g/mol. The van der Waals surface area contributed by atoms with Gasteiger partial charge in [0.05, 0.1) is 5.69 Å². The Morgan fingerprint density at radius 1 is 1.00 bits per heavy atom. The molecular formula is C23H19N3O3. The number of fused-ring (bicyclic) bond motifs is 1. The molecule has 0 unspecified atom stereocenters. The van der Waals surface area contributed by atoms with Crippen molar-refractivity contribution in [2.45, 2.75) is 13.2 Å². The lowest BCUT2D eigenvalue weighted by Crippen LogP contribution is -2.29. The molecule has 2 aromatic heterocycles. The third-order valence-corrected chi connectivity index (χ3v) is 4.46. The third-order valence-electron chi connectivity index (χ3n) is 4.46. The summed E-state index contributed by atoms with van der Waals surface area (Å²) in [5.74, 6) is 0.266. The number of hydrogen-bond donors (Lipinski definition) is 2. The van der Waals surface area contributed by atoms with Crippen molar-refractivity contribution < 1.29 is 9.53 Å². The lowest BCUT2D eigenvalue weighted by molar-refractivity contribution is 0.0949. The molecule has 0 spiro atoms. The van der Waals surface area contributed by atoms with Gasteiger partial charge in [0.25, 0.3) is 11.5 Å². The first kappa shape index (κ1) is 18.4. The number of aromatic nitrogens is 2. The molecule has 0 aliphatic carbocycles. The third kappa shape index (κ3) is 4.50. The van der Waals surface area contributed by atoms with E-state index in [1.54, 1.807) is 18.3 Å². The number of carbonyl (C=O) groups excluding carboxylic acids is 1. The van der Waals surface area contributed by atoms with Crippen molar-refractivity contribution in [2.75, 3.05) is 0 Å². The minimum absolute atomic E-state index is 0.0891. The summed E-state index contributed by atoms with van der Waals surface area (Å²) in [5.41, 5.74) is 2.09. The number of ether oxygens (including phenoxy) is 1. The molecule has 1 amide bonds. The Kier molecular flexibility index (Phi) is 5.33. The van der Waals surface area contributed by atoms with Gasteiger partial charge in [-0.15, -0.1) is 0 Å². The smallest absolute Gasteiger partial charge is 0.261 e. The van der Waals surface area contributed by atoms with Gasteiger partial charge in [0.15, 0.2) is 0 Å². The van der Waals surface area contributed by atoms with Crippen molar-refractivity contribution in [3.63, 3.8) is 0 Å². The Hall–Kier alpha value is -3.93. The Labute approximate surface area is 167 Å². The highest BCUT2D eigenvalue weighted by Crippen LogP contribution is 2.15. The second-order valence-corrected chi connectivity index (χ2v) is 6.54. The van der Waals surface area contributed by atoms with Crippen LogP contribution in [0.3, 0.4) is 0 Å². The van der Waals surface area contributed by atoms with Crippen LogP contribution in [0, 0.1) is 0 Å². The van der Waals surface area contributed by atoms with E-state index >= 15 is 0 Å². The van der Waals surface area contributed by atoms with Gasteiger partial charge in [0.2, 0.25) is 0 Å². The Balaban J connectivity index is 1.42. The van der Waals surface area contributed by atoms with Gasteiger partial charge < -0.3 is 15.0 Å². The summed E-state index contributed by atoms with van der Waals surface area (Å²) in [6.45, 7) is 0.648. The molecule has 4 aromatic rings. The van der Waals surface area contributed by atoms with Crippen LogP contribution < -0.4 is 15.6 Å². The maximum Gasteiger partial charge on any atom is 0.261 e. The van der Waals surface area contributed by atoms with Crippen molar-refractivity contribution in [1.82, 2.24) is 15.3 Å². The van der Waals surface area contributed by atoms with Crippen molar-refractivity contribution in [3.05, 3.63) is 106 Å². The van der Waals surface area contributed by atoms with Crippen molar-refractivity contribution in [1.29, 1.82) is 0 Å². The molecule has 4 rings (SSSR count). The molecular weight excluding hydrogens is 366 g/mol. The molecule has 6 heteroatoms. The lowest BCUT2D eigenvalue weighted by Gasteiger charge is -2.09. The molecule has 144 valence electrons. The van der Waals surface area contributed by atoms with Crippen LogP contribution in [0.5, 0.6) is 5.75 Å². The number of hydrogen-bond acceptors (Lipinski definition) is 4. The highest BCUT2D eigenvalue weighted by Gasteiger charge is 2.11. The average Bonchev–Trinajstić information content (AvgIpc) is 2.76. The SMILES string of the molecule is O=C(NCc1cccc(OCc2ccccn2)c1)c1cc2ccccc2[nH]c1=O. The number of H-pyrrole nitrogens is 1. The van der Waals surface area contributed by atoms with E-state index in [2.05, 4.69) is 15.3 Å². The fourth-order valence-corrected chi connectivity index (χ4v) is 2.98. The predicted molar refractivity (Wildman–Crippen MR) is 111 cm³/mol. The number of pyridine rings is 2. The Bertz CT molecular complexity index is 1200. The Morgan fingerprint density at radius 2 is 1.86 bits per heavy atom. The predicted octanol–water partition coefficient (Wildman–Crippen LogP) is 3.43. The van der Waals surface area contributed by atoms with E-state index in [1.165, 1.54) is 0 Å². The van der Waals surface area contributed by atoms with Crippen LogP contribution in [-0.4, -0.2) is 15.9 Å². The van der Waals surface area contributed by atoms with Crippen molar-refractivity contribution >= 4 is 16.8 Å². The maximum atomic E-state index is 12.5. The summed E-state index contributed by atoms with van der Waals surface area (Å²) in [7, 11) is 0. The van der Waals surface area contributed by atoms with E-state index in [0.717, 1.165) is 16.6 Å². The fraction of sp³-hybridized carbons (Fsp3) is 0.0870. The molecule has 0 bridgehead atoms. The summed E-state index contributed by atoms with van der Waals surface area (Å²) in [5, 5.41) is 3.60. The largest absolute Gasteiger partial charge is 0.487 e. The molecule has 0 radical (unpaired) electrons. The average molecular weight is 385 g/mol. The van der Waals surface area contributed by atoms with Gasteiger partial charge in [-0.25, -0.2) is 0 Å². The van der Waals surface area contributed by atoms with Crippen LogP contribution in [-0.2, 0) is 13.2 Å². The van der Waals surface area contributed by atoms with E-state index in [0.29, 0.717) is 17.9 Å². The van der Waals surface area contributed by atoms with Gasteiger partial charge in [0, 0.05) is 18.3 Å². The van der Waals surface area contributed by atoms with Crippen molar-refractivity contribution in [2.24, 2.45) is 0 Å². The molecule has 2 N–H and O–H groups in total. The number of amides is 1.